The van der Waals surface area contributed by atoms with Gasteiger partial charge in [-0.3, -0.25) is 0 Å². The first kappa shape index (κ1) is 14.2. The first-order valence-corrected chi connectivity index (χ1v) is 4.50. The summed E-state index contributed by atoms with van der Waals surface area (Å²) in [7, 11) is 0. The minimum absolute atomic E-state index is 0. The maximum absolute atomic E-state index is 10.5. The Balaban J connectivity index is 0.00000196. The molecule has 0 aromatic carbocycles. The standard InChI is InChI=1S/C7H10ClN3O3.ClH/c1-5-9-3-7(11(13)14)10(5)4-6(12)2-8;/h3,6,12H,2,4H2,1H3;1H. The topological polar surface area (TPSA) is 81.2 Å². The number of aliphatic hydroxyl groups is 1. The minimum Gasteiger partial charge on any atom is -0.388 e. The molecule has 86 valence electrons. The molecule has 1 atom stereocenters. The van der Waals surface area contributed by atoms with E-state index in [9.17, 15) is 15.2 Å². The molecule has 0 fully saturated rings. The lowest BCUT2D eigenvalue weighted by Gasteiger charge is -2.06. The lowest BCUT2D eigenvalue weighted by Crippen LogP contribution is -2.19. The number of hydrogen-bond acceptors (Lipinski definition) is 4. The average Bonchev–Trinajstić information content (AvgIpc) is 2.48. The molecule has 6 nitrogen and oxygen atoms in total. The van der Waals surface area contributed by atoms with E-state index in [1.54, 1.807) is 6.92 Å². The molecule has 1 unspecified atom stereocenters. The number of aryl methyl sites for hydroxylation is 1. The number of alkyl halides is 1. The van der Waals surface area contributed by atoms with Crippen molar-refractivity contribution in [3.63, 3.8) is 0 Å². The van der Waals surface area contributed by atoms with E-state index in [0.717, 1.165) is 6.20 Å². The first-order chi connectivity index (χ1) is 6.56. The molecular weight excluding hydrogens is 245 g/mol. The van der Waals surface area contributed by atoms with Gasteiger partial charge in [0.05, 0.1) is 5.88 Å². The van der Waals surface area contributed by atoms with Gasteiger partial charge in [0.1, 0.15) is 18.8 Å². The number of halogens is 2. The minimum atomic E-state index is -0.803. The fourth-order valence-electron chi connectivity index (χ4n) is 1.09. The van der Waals surface area contributed by atoms with E-state index >= 15 is 0 Å². The van der Waals surface area contributed by atoms with Crippen molar-refractivity contribution in [2.24, 2.45) is 0 Å². The van der Waals surface area contributed by atoms with Crippen molar-refractivity contribution >= 4 is 29.8 Å². The third-order valence-electron chi connectivity index (χ3n) is 1.79. The van der Waals surface area contributed by atoms with Crippen LogP contribution in [0.15, 0.2) is 6.20 Å². The van der Waals surface area contributed by atoms with E-state index < -0.39 is 11.0 Å². The number of hydrogen-bond donors (Lipinski definition) is 1. The zero-order valence-electron chi connectivity index (χ0n) is 7.96. The summed E-state index contributed by atoms with van der Waals surface area (Å²) in [5.74, 6) is 0.391. The van der Waals surface area contributed by atoms with Crippen LogP contribution in [0.3, 0.4) is 0 Å². The number of aromatic nitrogens is 2. The van der Waals surface area contributed by atoms with E-state index in [4.69, 9.17) is 11.6 Å². The van der Waals surface area contributed by atoms with Crippen LogP contribution in [0.5, 0.6) is 0 Å². The van der Waals surface area contributed by atoms with Gasteiger partial charge in [-0.05, 0) is 4.92 Å². The van der Waals surface area contributed by atoms with Crippen LogP contribution in [0, 0.1) is 17.0 Å². The van der Waals surface area contributed by atoms with E-state index in [1.807, 2.05) is 0 Å². The summed E-state index contributed by atoms with van der Waals surface area (Å²) in [6.07, 6.45) is 0.360. The second-order valence-corrected chi connectivity index (χ2v) is 3.15. The van der Waals surface area contributed by atoms with Gasteiger partial charge in [0.2, 0.25) is 0 Å². The molecule has 1 rings (SSSR count). The molecule has 0 aliphatic rings. The van der Waals surface area contributed by atoms with E-state index in [1.165, 1.54) is 4.57 Å². The molecular formula is C7H11Cl2N3O3. The fourth-order valence-corrected chi connectivity index (χ4v) is 1.18. The molecule has 0 amide bonds. The zero-order valence-corrected chi connectivity index (χ0v) is 9.53. The summed E-state index contributed by atoms with van der Waals surface area (Å²) in [5, 5.41) is 19.8. The number of aliphatic hydroxyl groups excluding tert-OH is 1. The van der Waals surface area contributed by atoms with Gasteiger partial charge in [0.25, 0.3) is 0 Å². The Kier molecular flexibility index (Phi) is 5.56. The Morgan fingerprint density at radius 3 is 2.87 bits per heavy atom. The lowest BCUT2D eigenvalue weighted by atomic mass is 10.4. The molecule has 1 aromatic rings. The second kappa shape index (κ2) is 5.89. The second-order valence-electron chi connectivity index (χ2n) is 2.84. The Hall–Kier alpha value is -0.850. The van der Waals surface area contributed by atoms with Gasteiger partial charge < -0.3 is 15.2 Å². The van der Waals surface area contributed by atoms with Crippen LogP contribution in [-0.4, -0.2) is 31.6 Å². The van der Waals surface area contributed by atoms with Gasteiger partial charge in [-0.25, -0.2) is 9.55 Å². The number of nitrogens with zero attached hydrogens (tertiary/aromatic N) is 3. The summed E-state index contributed by atoms with van der Waals surface area (Å²) in [4.78, 5) is 13.8. The fraction of sp³-hybridized carbons (Fsp3) is 0.571. The molecule has 15 heavy (non-hydrogen) atoms. The molecule has 1 aromatic heterocycles. The Morgan fingerprint density at radius 2 is 2.40 bits per heavy atom. The highest BCUT2D eigenvalue weighted by Crippen LogP contribution is 2.14. The predicted molar refractivity (Wildman–Crippen MR) is 57.6 cm³/mol. The summed E-state index contributed by atoms with van der Waals surface area (Å²) >= 11 is 5.40. The molecule has 1 heterocycles. The van der Waals surface area contributed by atoms with Crippen LogP contribution in [0.4, 0.5) is 5.82 Å². The molecule has 0 aliphatic carbocycles. The first-order valence-electron chi connectivity index (χ1n) is 3.96. The summed E-state index contributed by atoms with van der Waals surface area (Å²) in [6.45, 7) is 1.72. The third-order valence-corrected chi connectivity index (χ3v) is 2.15. The van der Waals surface area contributed by atoms with Crippen molar-refractivity contribution in [3.05, 3.63) is 22.1 Å². The van der Waals surface area contributed by atoms with E-state index in [-0.39, 0.29) is 30.6 Å². The highest BCUT2D eigenvalue weighted by atomic mass is 35.5. The van der Waals surface area contributed by atoms with Crippen molar-refractivity contribution in [2.75, 3.05) is 5.88 Å². The Labute approximate surface area is 97.4 Å². The van der Waals surface area contributed by atoms with Crippen LogP contribution in [0.1, 0.15) is 5.82 Å². The van der Waals surface area contributed by atoms with Crippen molar-refractivity contribution in [2.45, 2.75) is 19.6 Å². The molecule has 0 saturated carbocycles. The molecule has 0 aliphatic heterocycles. The predicted octanol–water partition coefficient (Wildman–Crippen LogP) is 1.12. The highest BCUT2D eigenvalue weighted by molar-refractivity contribution is 6.18. The summed E-state index contributed by atoms with van der Waals surface area (Å²) in [5.41, 5.74) is 0. The van der Waals surface area contributed by atoms with Crippen LogP contribution >= 0.6 is 24.0 Å². The normalized spacial score (nSPS) is 11.9. The lowest BCUT2D eigenvalue weighted by molar-refractivity contribution is -0.392. The van der Waals surface area contributed by atoms with Gasteiger partial charge in [-0.15, -0.1) is 24.0 Å². The number of nitro groups is 1. The molecule has 1 N–H and O–H groups in total. The van der Waals surface area contributed by atoms with Crippen molar-refractivity contribution < 1.29 is 10.0 Å². The molecule has 0 bridgehead atoms. The van der Waals surface area contributed by atoms with Crippen LogP contribution in [0.2, 0.25) is 0 Å². The Bertz CT molecular complexity index is 342. The quantitative estimate of drug-likeness (QED) is 0.497. The SMILES string of the molecule is Cc1ncc([N+](=O)[O-])n1CC(O)CCl.Cl. The van der Waals surface area contributed by atoms with Gasteiger partial charge >= 0.3 is 5.82 Å². The molecule has 0 saturated heterocycles. The van der Waals surface area contributed by atoms with Crippen molar-refractivity contribution in [3.8, 4) is 0 Å². The maximum Gasteiger partial charge on any atom is 0.342 e. The largest absolute Gasteiger partial charge is 0.388 e. The monoisotopic (exact) mass is 255 g/mol. The van der Waals surface area contributed by atoms with Crippen molar-refractivity contribution in [1.29, 1.82) is 0 Å². The summed E-state index contributed by atoms with van der Waals surface area (Å²) in [6, 6.07) is 0. The Morgan fingerprint density at radius 1 is 1.80 bits per heavy atom. The molecule has 0 spiro atoms. The summed E-state index contributed by atoms with van der Waals surface area (Å²) < 4.78 is 1.33. The zero-order chi connectivity index (χ0) is 10.7. The van der Waals surface area contributed by atoms with Crippen LogP contribution in [-0.2, 0) is 6.54 Å². The van der Waals surface area contributed by atoms with Gasteiger partial charge in [-0.1, -0.05) is 0 Å². The van der Waals surface area contributed by atoms with E-state index in [0.29, 0.717) is 5.82 Å². The number of imidazole rings is 1. The van der Waals surface area contributed by atoms with Crippen LogP contribution < -0.4 is 0 Å². The van der Waals surface area contributed by atoms with Crippen molar-refractivity contribution in [1.82, 2.24) is 9.55 Å². The van der Waals surface area contributed by atoms with Gasteiger partial charge in [0.15, 0.2) is 5.82 Å². The molecule has 0 radical (unpaired) electrons. The maximum atomic E-state index is 10.5. The molecule has 8 heteroatoms. The van der Waals surface area contributed by atoms with Crippen LogP contribution in [0.25, 0.3) is 0 Å². The third kappa shape index (κ3) is 3.33. The van der Waals surface area contributed by atoms with Gasteiger partial charge in [-0.2, -0.15) is 0 Å². The van der Waals surface area contributed by atoms with Gasteiger partial charge in [0, 0.05) is 6.92 Å². The van der Waals surface area contributed by atoms with E-state index in [2.05, 4.69) is 4.98 Å². The smallest absolute Gasteiger partial charge is 0.342 e. The number of rotatable bonds is 4. The average molecular weight is 256 g/mol. The highest BCUT2D eigenvalue weighted by Gasteiger charge is 2.19.